The molecule has 5 rings (SSSR count). The summed E-state index contributed by atoms with van der Waals surface area (Å²) in [6, 6.07) is 29.6. The van der Waals surface area contributed by atoms with Gasteiger partial charge in [-0.1, -0.05) is 60.7 Å². The predicted molar refractivity (Wildman–Crippen MR) is 167 cm³/mol. The molecule has 9 heteroatoms. The van der Waals surface area contributed by atoms with Crippen molar-refractivity contribution in [1.29, 1.82) is 0 Å². The average molecular weight is 584 g/mol. The van der Waals surface area contributed by atoms with Crippen molar-refractivity contribution >= 4 is 0 Å². The molecule has 43 heavy (non-hydrogen) atoms. The van der Waals surface area contributed by atoms with Crippen LogP contribution in [0, 0.1) is 0 Å². The molecule has 2 aromatic carbocycles. The van der Waals surface area contributed by atoms with Crippen molar-refractivity contribution in [2.75, 3.05) is 7.11 Å². The molecule has 0 aliphatic carbocycles. The maximum atomic E-state index is 11.4. The number of aromatic hydroxyl groups is 1. The van der Waals surface area contributed by atoms with Crippen molar-refractivity contribution in [2.45, 2.75) is 40.2 Å². The van der Waals surface area contributed by atoms with Crippen LogP contribution in [-0.2, 0) is 26.3 Å². The van der Waals surface area contributed by atoms with Crippen LogP contribution in [0.1, 0.15) is 25.0 Å². The van der Waals surface area contributed by atoms with Gasteiger partial charge in [0.1, 0.15) is 30.5 Å². The number of pyridine rings is 3. The van der Waals surface area contributed by atoms with Gasteiger partial charge >= 0.3 is 0 Å². The van der Waals surface area contributed by atoms with Gasteiger partial charge in [0, 0.05) is 43.7 Å². The summed E-state index contributed by atoms with van der Waals surface area (Å²) in [5.74, 6) is 2.17. The summed E-state index contributed by atoms with van der Waals surface area (Å²) in [7, 11) is 1.59. The fourth-order valence-electron chi connectivity index (χ4n) is 3.66. The molecule has 9 nitrogen and oxygen atoms in total. The van der Waals surface area contributed by atoms with Gasteiger partial charge in [-0.05, 0) is 43.2 Å². The van der Waals surface area contributed by atoms with Gasteiger partial charge in [0.15, 0.2) is 0 Å². The molecule has 0 unspecified atom stereocenters. The zero-order valence-electron chi connectivity index (χ0n) is 24.6. The third-order valence-corrected chi connectivity index (χ3v) is 6.02. The largest absolute Gasteiger partial charge is 0.506 e. The van der Waals surface area contributed by atoms with Crippen LogP contribution in [0.15, 0.2) is 125 Å². The van der Waals surface area contributed by atoms with Crippen molar-refractivity contribution in [3.05, 3.63) is 147 Å². The maximum Gasteiger partial charge on any atom is 0.250 e. The second kappa shape index (κ2) is 17.5. The standard InChI is InChI=1S/C14H15NO2.C13H13NO2.C7H9NO2/c1-2-15-10-13(8-9-14(15)16)17-11-12-6-4-3-5-7-12;1-15-13-8-7-12(9-14-13)16-10-11-5-3-2-4-6-11;1-2-8-5-6(9)3-4-7(8)10/h3-10H,2,11H2,1H3;2-9H,10H2,1H3;3-5,9H,2H2,1H3. The topological polar surface area (TPSA) is 105 Å². The molecule has 0 amide bonds. The Morgan fingerprint density at radius 3 is 1.65 bits per heavy atom. The van der Waals surface area contributed by atoms with Gasteiger partial charge in [0.25, 0.3) is 11.1 Å². The third-order valence-electron chi connectivity index (χ3n) is 6.02. The molecule has 5 aromatic rings. The van der Waals surface area contributed by atoms with Crippen LogP contribution in [0.3, 0.4) is 0 Å². The number of benzene rings is 2. The van der Waals surface area contributed by atoms with Gasteiger partial charge < -0.3 is 28.5 Å². The zero-order chi connectivity index (χ0) is 30.9. The Morgan fingerprint density at radius 1 is 0.651 bits per heavy atom. The summed E-state index contributed by atoms with van der Waals surface area (Å²) >= 11 is 0. The van der Waals surface area contributed by atoms with E-state index >= 15 is 0 Å². The summed E-state index contributed by atoms with van der Waals surface area (Å²) < 4.78 is 19.2. The SMILES string of the molecule is CCn1cc(O)ccc1=O.CCn1cc(OCc2ccccc2)ccc1=O.COc1ccc(OCc2ccccc2)cn1. The molecule has 0 radical (unpaired) electrons. The number of aryl methyl sites for hydroxylation is 2. The third kappa shape index (κ3) is 11.2. The highest BCUT2D eigenvalue weighted by atomic mass is 16.5. The molecule has 224 valence electrons. The number of rotatable bonds is 9. The number of nitrogens with zero attached hydrogens (tertiary/aromatic N) is 3. The molecule has 0 spiro atoms. The minimum Gasteiger partial charge on any atom is -0.506 e. The Bertz CT molecular complexity index is 1620. The molecule has 3 heterocycles. The number of hydrogen-bond donors (Lipinski definition) is 1. The van der Waals surface area contributed by atoms with E-state index in [2.05, 4.69) is 4.98 Å². The number of ether oxygens (including phenoxy) is 3. The highest BCUT2D eigenvalue weighted by Gasteiger charge is 1.99. The molecule has 0 aliphatic rings. The predicted octanol–water partition coefficient (Wildman–Crippen LogP) is 5.69. The van der Waals surface area contributed by atoms with E-state index in [9.17, 15) is 9.59 Å². The molecular weight excluding hydrogens is 546 g/mol. The van der Waals surface area contributed by atoms with Crippen LogP contribution in [0.4, 0.5) is 0 Å². The van der Waals surface area contributed by atoms with E-state index in [1.807, 2.05) is 80.6 Å². The Kier molecular flexibility index (Phi) is 13.1. The van der Waals surface area contributed by atoms with Gasteiger partial charge in [0.2, 0.25) is 5.88 Å². The first-order valence-corrected chi connectivity index (χ1v) is 13.8. The average Bonchev–Trinajstić information content (AvgIpc) is 3.06. The normalized spacial score (nSPS) is 9.93. The molecule has 0 saturated carbocycles. The Labute approximate surface area is 251 Å². The van der Waals surface area contributed by atoms with Crippen LogP contribution in [0.25, 0.3) is 0 Å². The van der Waals surface area contributed by atoms with Crippen molar-refractivity contribution in [3.63, 3.8) is 0 Å². The molecule has 0 atom stereocenters. The maximum absolute atomic E-state index is 11.4. The first-order valence-electron chi connectivity index (χ1n) is 13.8. The van der Waals surface area contributed by atoms with E-state index < -0.39 is 0 Å². The fourth-order valence-corrected chi connectivity index (χ4v) is 3.66. The number of hydrogen-bond acceptors (Lipinski definition) is 7. The minimum atomic E-state index is -0.0831. The second-order valence-corrected chi connectivity index (χ2v) is 9.09. The monoisotopic (exact) mass is 583 g/mol. The van der Waals surface area contributed by atoms with Crippen LogP contribution in [0.5, 0.6) is 23.1 Å². The van der Waals surface area contributed by atoms with Crippen molar-refractivity contribution in [1.82, 2.24) is 14.1 Å². The summed E-state index contributed by atoms with van der Waals surface area (Å²) in [6.07, 6.45) is 4.81. The highest BCUT2D eigenvalue weighted by Crippen LogP contribution is 2.15. The Morgan fingerprint density at radius 2 is 1.16 bits per heavy atom. The van der Waals surface area contributed by atoms with Gasteiger partial charge in [0.05, 0.1) is 13.3 Å². The van der Waals surface area contributed by atoms with Gasteiger partial charge in [-0.3, -0.25) is 9.59 Å². The van der Waals surface area contributed by atoms with E-state index in [0.29, 0.717) is 32.2 Å². The minimum absolute atomic E-state index is 0.000406. The first kappa shape index (κ1) is 32.2. The quantitative estimate of drug-likeness (QED) is 0.238. The fraction of sp³-hybridized carbons (Fsp3) is 0.206. The smallest absolute Gasteiger partial charge is 0.250 e. The van der Waals surface area contributed by atoms with Crippen LogP contribution >= 0.6 is 0 Å². The summed E-state index contributed by atoms with van der Waals surface area (Å²) in [5, 5.41) is 8.91. The van der Waals surface area contributed by atoms with Gasteiger partial charge in [-0.15, -0.1) is 0 Å². The van der Waals surface area contributed by atoms with Crippen LogP contribution in [0.2, 0.25) is 0 Å². The molecule has 3 aromatic heterocycles. The van der Waals surface area contributed by atoms with E-state index in [4.69, 9.17) is 19.3 Å². The lowest BCUT2D eigenvalue weighted by Crippen LogP contribution is -2.17. The van der Waals surface area contributed by atoms with E-state index in [0.717, 1.165) is 22.6 Å². The van der Waals surface area contributed by atoms with E-state index in [-0.39, 0.29) is 16.9 Å². The Balaban J connectivity index is 0.000000183. The lowest BCUT2D eigenvalue weighted by atomic mass is 10.2. The van der Waals surface area contributed by atoms with Crippen LogP contribution in [-0.4, -0.2) is 26.3 Å². The summed E-state index contributed by atoms with van der Waals surface area (Å²) in [4.78, 5) is 26.3. The molecule has 0 bridgehead atoms. The van der Waals surface area contributed by atoms with Crippen LogP contribution < -0.4 is 25.3 Å². The van der Waals surface area contributed by atoms with E-state index in [1.54, 1.807) is 36.2 Å². The molecule has 0 saturated heterocycles. The lowest BCUT2D eigenvalue weighted by molar-refractivity contribution is 0.303. The number of aromatic nitrogens is 3. The lowest BCUT2D eigenvalue weighted by Gasteiger charge is -2.08. The van der Waals surface area contributed by atoms with Crippen molar-refractivity contribution in [2.24, 2.45) is 0 Å². The molecule has 0 aliphatic heterocycles. The molecule has 0 fully saturated rings. The molecular formula is C34H37N3O6. The Hall–Kier alpha value is -5.31. The van der Waals surface area contributed by atoms with Crippen molar-refractivity contribution in [3.8, 4) is 23.1 Å². The zero-order valence-corrected chi connectivity index (χ0v) is 24.6. The van der Waals surface area contributed by atoms with Gasteiger partial charge in [-0.25, -0.2) is 4.98 Å². The highest BCUT2D eigenvalue weighted by molar-refractivity contribution is 5.24. The van der Waals surface area contributed by atoms with E-state index in [1.165, 1.54) is 29.0 Å². The van der Waals surface area contributed by atoms with Gasteiger partial charge in [-0.2, -0.15) is 0 Å². The van der Waals surface area contributed by atoms with Crippen molar-refractivity contribution < 1.29 is 19.3 Å². The first-order chi connectivity index (χ1) is 20.9. The second-order valence-electron chi connectivity index (χ2n) is 9.09. The number of methoxy groups -OCH3 is 1. The molecule has 1 N–H and O–H groups in total. The summed E-state index contributed by atoms with van der Waals surface area (Å²) in [5.41, 5.74) is 2.17. The summed E-state index contributed by atoms with van der Waals surface area (Å²) in [6.45, 7) is 6.09.